The summed E-state index contributed by atoms with van der Waals surface area (Å²) >= 11 is 0. The topological polar surface area (TPSA) is 96.0 Å². The highest BCUT2D eigenvalue weighted by Gasteiger charge is 2.15. The molecule has 7 nitrogen and oxygen atoms in total. The molecule has 0 spiro atoms. The van der Waals surface area contributed by atoms with E-state index in [2.05, 4.69) is 15.6 Å². The third-order valence-corrected chi connectivity index (χ3v) is 3.54. The number of aryl methyl sites for hydroxylation is 1. The second-order valence-corrected chi connectivity index (χ2v) is 5.18. The van der Waals surface area contributed by atoms with Crippen LogP contribution in [0.25, 0.3) is 0 Å². The molecule has 110 valence electrons. The second-order valence-electron chi connectivity index (χ2n) is 5.18. The van der Waals surface area contributed by atoms with Gasteiger partial charge in [0.2, 0.25) is 0 Å². The first kappa shape index (κ1) is 14.4. The van der Waals surface area contributed by atoms with E-state index in [1.807, 2.05) is 0 Å². The third-order valence-electron chi connectivity index (χ3n) is 3.54. The molecule has 1 heterocycles. The maximum Gasteiger partial charge on any atom is 0.329 e. The number of H-pyrrole nitrogens is 1. The van der Waals surface area contributed by atoms with Crippen LogP contribution < -0.4 is 21.9 Å². The fraction of sp³-hybridized carbons (Fsp3) is 0.615. The molecule has 0 unspecified atom stereocenters. The number of carbonyl (C=O) groups excluding carboxylic acids is 1. The second kappa shape index (κ2) is 6.40. The van der Waals surface area contributed by atoms with Gasteiger partial charge in [0.25, 0.3) is 5.56 Å². The minimum atomic E-state index is -0.529. The highest BCUT2D eigenvalue weighted by molar-refractivity contribution is 5.73. The van der Waals surface area contributed by atoms with Gasteiger partial charge < -0.3 is 10.6 Å². The van der Waals surface area contributed by atoms with Crippen molar-refractivity contribution in [2.24, 2.45) is 0 Å². The molecular formula is C13H20N4O3. The number of nitrogens with zero attached hydrogens (tertiary/aromatic N) is 1. The van der Waals surface area contributed by atoms with Gasteiger partial charge in [-0.05, 0) is 19.8 Å². The van der Waals surface area contributed by atoms with Crippen LogP contribution in [0.3, 0.4) is 0 Å². The van der Waals surface area contributed by atoms with Crippen LogP contribution in [0.2, 0.25) is 0 Å². The summed E-state index contributed by atoms with van der Waals surface area (Å²) in [5, 5.41) is 5.52. The SMILES string of the molecule is Cc1cn(CNC(=O)NC2CCCCC2)c(=O)[nH]c1=O. The molecule has 3 N–H and O–H groups in total. The molecule has 0 bridgehead atoms. The minimum Gasteiger partial charge on any atom is -0.335 e. The number of urea groups is 1. The van der Waals surface area contributed by atoms with Crippen LogP contribution in [0.1, 0.15) is 37.7 Å². The predicted octanol–water partition coefficient (Wildman–Crippen LogP) is 0.434. The lowest BCUT2D eigenvalue weighted by Crippen LogP contribution is -2.45. The Morgan fingerprint density at radius 1 is 1.35 bits per heavy atom. The summed E-state index contributed by atoms with van der Waals surface area (Å²) in [4.78, 5) is 36.7. The van der Waals surface area contributed by atoms with Crippen molar-refractivity contribution in [1.82, 2.24) is 20.2 Å². The first-order chi connectivity index (χ1) is 9.56. The molecule has 0 radical (unpaired) electrons. The van der Waals surface area contributed by atoms with E-state index < -0.39 is 11.2 Å². The Morgan fingerprint density at radius 2 is 2.05 bits per heavy atom. The monoisotopic (exact) mass is 280 g/mol. The fourth-order valence-electron chi connectivity index (χ4n) is 2.38. The Labute approximate surface area is 116 Å². The Bertz CT molecular complexity index is 584. The van der Waals surface area contributed by atoms with Crippen LogP contribution in [-0.4, -0.2) is 21.6 Å². The lowest BCUT2D eigenvalue weighted by atomic mass is 9.96. The summed E-state index contributed by atoms with van der Waals surface area (Å²) in [6, 6.07) is -0.0644. The maximum absolute atomic E-state index is 11.7. The molecule has 0 atom stereocenters. The van der Waals surface area contributed by atoms with E-state index in [4.69, 9.17) is 0 Å². The summed E-state index contributed by atoms with van der Waals surface area (Å²) in [5.74, 6) is 0. The average molecular weight is 280 g/mol. The van der Waals surface area contributed by atoms with Crippen molar-refractivity contribution in [3.63, 3.8) is 0 Å². The molecule has 2 amide bonds. The summed E-state index contributed by atoms with van der Waals surface area (Å²) < 4.78 is 1.26. The lowest BCUT2D eigenvalue weighted by Gasteiger charge is -2.22. The summed E-state index contributed by atoms with van der Waals surface area (Å²) in [7, 11) is 0. The van der Waals surface area contributed by atoms with Gasteiger partial charge in [-0.1, -0.05) is 19.3 Å². The number of amides is 2. The van der Waals surface area contributed by atoms with Gasteiger partial charge in [-0.25, -0.2) is 9.59 Å². The molecule has 1 fully saturated rings. The van der Waals surface area contributed by atoms with Gasteiger partial charge in [-0.2, -0.15) is 0 Å². The van der Waals surface area contributed by atoms with Crippen molar-refractivity contribution >= 4 is 6.03 Å². The summed E-state index contributed by atoms with van der Waals surface area (Å²) in [6.07, 6.45) is 6.96. The molecule has 7 heteroatoms. The first-order valence-electron chi connectivity index (χ1n) is 6.91. The molecule has 0 saturated heterocycles. The molecule has 1 aromatic rings. The van der Waals surface area contributed by atoms with Gasteiger partial charge in [0.1, 0.15) is 6.67 Å². The predicted molar refractivity (Wildman–Crippen MR) is 74.6 cm³/mol. The van der Waals surface area contributed by atoms with Crippen LogP contribution in [-0.2, 0) is 6.67 Å². The molecule has 1 aliphatic carbocycles. The molecule has 1 aliphatic rings. The van der Waals surface area contributed by atoms with E-state index in [-0.39, 0.29) is 18.7 Å². The number of rotatable bonds is 3. The summed E-state index contributed by atoms with van der Waals surface area (Å²) in [5.41, 5.74) is -0.504. The van der Waals surface area contributed by atoms with Crippen molar-refractivity contribution in [3.05, 3.63) is 32.6 Å². The Kier molecular flexibility index (Phi) is 4.60. The van der Waals surface area contributed by atoms with E-state index in [0.29, 0.717) is 5.56 Å². The zero-order chi connectivity index (χ0) is 14.5. The number of hydrogen-bond donors (Lipinski definition) is 3. The smallest absolute Gasteiger partial charge is 0.329 e. The van der Waals surface area contributed by atoms with E-state index in [1.165, 1.54) is 17.2 Å². The molecule has 1 aromatic heterocycles. The van der Waals surface area contributed by atoms with E-state index in [0.717, 1.165) is 25.7 Å². The largest absolute Gasteiger partial charge is 0.335 e. The molecule has 1 saturated carbocycles. The maximum atomic E-state index is 11.7. The molecule has 2 rings (SSSR count). The standard InChI is InChI=1S/C13H20N4O3/c1-9-7-17(13(20)16-11(9)18)8-14-12(19)15-10-5-3-2-4-6-10/h7,10H,2-6,8H2,1H3,(H2,14,15,19)(H,16,18,20). The van der Waals surface area contributed by atoms with Gasteiger partial charge in [0.05, 0.1) is 0 Å². The van der Waals surface area contributed by atoms with Crippen molar-refractivity contribution in [1.29, 1.82) is 0 Å². The van der Waals surface area contributed by atoms with E-state index in [1.54, 1.807) is 6.92 Å². The van der Waals surface area contributed by atoms with Crippen LogP contribution >= 0.6 is 0 Å². The van der Waals surface area contributed by atoms with Gasteiger partial charge in [0.15, 0.2) is 0 Å². The van der Waals surface area contributed by atoms with Crippen molar-refractivity contribution < 1.29 is 4.79 Å². The highest BCUT2D eigenvalue weighted by Crippen LogP contribution is 2.16. The van der Waals surface area contributed by atoms with E-state index >= 15 is 0 Å². The molecule has 0 aliphatic heterocycles. The Morgan fingerprint density at radius 3 is 2.75 bits per heavy atom. The Balaban J connectivity index is 1.88. The molecule has 0 aromatic carbocycles. The van der Waals surface area contributed by atoms with Crippen LogP contribution in [0.15, 0.2) is 15.8 Å². The third kappa shape index (κ3) is 3.72. The van der Waals surface area contributed by atoms with Crippen molar-refractivity contribution in [3.8, 4) is 0 Å². The minimum absolute atomic E-state index is 0.0367. The van der Waals surface area contributed by atoms with Gasteiger partial charge >= 0.3 is 11.7 Å². The zero-order valence-corrected chi connectivity index (χ0v) is 11.6. The van der Waals surface area contributed by atoms with Crippen molar-refractivity contribution in [2.45, 2.75) is 51.7 Å². The van der Waals surface area contributed by atoms with E-state index in [9.17, 15) is 14.4 Å². The summed E-state index contributed by atoms with van der Waals surface area (Å²) in [6.45, 7) is 1.64. The molecule has 20 heavy (non-hydrogen) atoms. The van der Waals surface area contributed by atoms with Gasteiger partial charge in [-0.3, -0.25) is 14.3 Å². The average Bonchev–Trinajstić information content (AvgIpc) is 2.42. The number of aromatic nitrogens is 2. The number of carbonyl (C=O) groups is 1. The van der Waals surface area contributed by atoms with Gasteiger partial charge in [0, 0.05) is 17.8 Å². The van der Waals surface area contributed by atoms with Crippen molar-refractivity contribution in [2.75, 3.05) is 0 Å². The molecular weight excluding hydrogens is 260 g/mol. The zero-order valence-electron chi connectivity index (χ0n) is 11.6. The Hall–Kier alpha value is -2.05. The van der Waals surface area contributed by atoms with Crippen LogP contribution in [0, 0.1) is 6.92 Å². The van der Waals surface area contributed by atoms with Crippen LogP contribution in [0.5, 0.6) is 0 Å². The first-order valence-corrected chi connectivity index (χ1v) is 6.91. The lowest BCUT2D eigenvalue weighted by molar-refractivity contribution is 0.229. The number of aromatic amines is 1. The fourth-order valence-corrected chi connectivity index (χ4v) is 2.38. The van der Waals surface area contributed by atoms with Gasteiger partial charge in [-0.15, -0.1) is 0 Å². The quantitative estimate of drug-likeness (QED) is 0.749. The van der Waals surface area contributed by atoms with Crippen LogP contribution in [0.4, 0.5) is 4.79 Å². The highest BCUT2D eigenvalue weighted by atomic mass is 16.2. The number of hydrogen-bond acceptors (Lipinski definition) is 3. The number of nitrogens with one attached hydrogen (secondary N) is 3. The normalized spacial score (nSPS) is 15.8.